The van der Waals surface area contributed by atoms with Gasteiger partial charge in [0.05, 0.1) is 11.1 Å². The number of nitrogens with one attached hydrogen (secondary N) is 2. The first-order valence-corrected chi connectivity index (χ1v) is 7.77. The number of alkyl halides is 6. The number of amides is 2. The van der Waals surface area contributed by atoms with Crippen LogP contribution in [0.5, 0.6) is 0 Å². The zero-order chi connectivity index (χ0) is 21.3. The molecular formula is C18H14F6N2O2. The topological polar surface area (TPSA) is 58.2 Å². The van der Waals surface area contributed by atoms with Gasteiger partial charge in [-0.25, -0.2) is 0 Å². The van der Waals surface area contributed by atoms with E-state index < -0.39 is 35.3 Å². The fourth-order valence-corrected chi connectivity index (χ4v) is 2.48. The molecule has 150 valence electrons. The normalized spacial score (nSPS) is 11.9. The van der Waals surface area contributed by atoms with Crippen molar-refractivity contribution in [2.24, 2.45) is 0 Å². The summed E-state index contributed by atoms with van der Waals surface area (Å²) in [6.07, 6.45) is -9.53. The van der Waals surface area contributed by atoms with E-state index in [1.54, 1.807) is 0 Å². The van der Waals surface area contributed by atoms with Crippen molar-refractivity contribution in [1.82, 2.24) is 0 Å². The number of carbonyl (C=O) groups is 2. The lowest BCUT2D eigenvalue weighted by Crippen LogP contribution is -2.12. The van der Waals surface area contributed by atoms with Crippen molar-refractivity contribution < 1.29 is 35.9 Å². The predicted octanol–water partition coefficient (Wildman–Crippen LogP) is 5.31. The predicted molar refractivity (Wildman–Crippen MR) is 90.5 cm³/mol. The summed E-state index contributed by atoms with van der Waals surface area (Å²) in [6, 6.07) is 4.51. The standard InChI is InChI=1S/C18H14F6N2O2/c1-9(27)25-15-5-3-11(17(19,20)21)7-13(15)14-8-12(18(22,23)24)4-6-16(14)26-10(2)28/h3-8H,1-2H3,(H,25,27)(H,26,28). The summed E-state index contributed by atoms with van der Waals surface area (Å²) in [7, 11) is 0. The van der Waals surface area contributed by atoms with Gasteiger partial charge in [0, 0.05) is 36.3 Å². The molecule has 4 nitrogen and oxygen atoms in total. The third kappa shape index (κ3) is 5.02. The molecule has 0 saturated carbocycles. The Balaban J connectivity index is 2.81. The Bertz CT molecular complexity index is 844. The number of benzene rings is 2. The molecule has 0 heterocycles. The van der Waals surface area contributed by atoms with Gasteiger partial charge >= 0.3 is 12.4 Å². The first-order valence-electron chi connectivity index (χ1n) is 7.77. The molecule has 2 rings (SSSR count). The first kappa shape index (κ1) is 21.3. The molecule has 0 atom stereocenters. The summed E-state index contributed by atoms with van der Waals surface area (Å²) in [5.41, 5.74) is -3.15. The highest BCUT2D eigenvalue weighted by molar-refractivity contribution is 5.99. The summed E-state index contributed by atoms with van der Waals surface area (Å²) in [4.78, 5) is 22.8. The molecule has 0 saturated heterocycles. The van der Waals surface area contributed by atoms with Crippen LogP contribution in [0, 0.1) is 0 Å². The maximum atomic E-state index is 13.1. The number of hydrogen-bond acceptors (Lipinski definition) is 2. The van der Waals surface area contributed by atoms with E-state index in [9.17, 15) is 35.9 Å². The average molecular weight is 404 g/mol. The maximum Gasteiger partial charge on any atom is 0.416 e. The number of anilines is 2. The van der Waals surface area contributed by atoms with Crippen molar-refractivity contribution in [3.8, 4) is 11.1 Å². The number of rotatable bonds is 3. The summed E-state index contributed by atoms with van der Waals surface area (Å²) in [5, 5.41) is 4.58. The summed E-state index contributed by atoms with van der Waals surface area (Å²) < 4.78 is 78.7. The Kier molecular flexibility index (Phi) is 5.72. The minimum absolute atomic E-state index is 0.133. The van der Waals surface area contributed by atoms with Gasteiger partial charge in [0.15, 0.2) is 0 Å². The molecule has 0 fully saturated rings. The van der Waals surface area contributed by atoms with Crippen LogP contribution >= 0.6 is 0 Å². The lowest BCUT2D eigenvalue weighted by Gasteiger charge is -2.18. The second-order valence-electron chi connectivity index (χ2n) is 5.88. The Morgan fingerprint density at radius 3 is 1.25 bits per heavy atom. The fraction of sp³-hybridized carbons (Fsp3) is 0.222. The molecular weight excluding hydrogens is 390 g/mol. The minimum atomic E-state index is -4.76. The van der Waals surface area contributed by atoms with E-state index in [0.29, 0.717) is 24.3 Å². The van der Waals surface area contributed by atoms with E-state index >= 15 is 0 Å². The van der Waals surface area contributed by atoms with Crippen LogP contribution in [0.4, 0.5) is 37.7 Å². The summed E-state index contributed by atoms with van der Waals surface area (Å²) in [5.74, 6) is -1.26. The SMILES string of the molecule is CC(=O)Nc1ccc(C(F)(F)F)cc1-c1cc(C(F)(F)F)ccc1NC(C)=O. The zero-order valence-electron chi connectivity index (χ0n) is 14.5. The highest BCUT2D eigenvalue weighted by Gasteiger charge is 2.33. The Morgan fingerprint density at radius 2 is 1.00 bits per heavy atom. The van der Waals surface area contributed by atoms with E-state index in [1.165, 1.54) is 0 Å². The van der Waals surface area contributed by atoms with E-state index in [2.05, 4.69) is 10.6 Å². The van der Waals surface area contributed by atoms with Crippen molar-refractivity contribution in [2.45, 2.75) is 26.2 Å². The van der Waals surface area contributed by atoms with E-state index in [-0.39, 0.29) is 22.5 Å². The molecule has 0 radical (unpaired) electrons. The van der Waals surface area contributed by atoms with Crippen LogP contribution in [-0.2, 0) is 21.9 Å². The smallest absolute Gasteiger partial charge is 0.326 e. The van der Waals surface area contributed by atoms with Gasteiger partial charge in [-0.1, -0.05) is 0 Å². The molecule has 2 N–H and O–H groups in total. The lowest BCUT2D eigenvalue weighted by molar-refractivity contribution is -0.138. The minimum Gasteiger partial charge on any atom is -0.326 e. The van der Waals surface area contributed by atoms with E-state index in [1.807, 2.05) is 0 Å². The molecule has 0 aliphatic heterocycles. The van der Waals surface area contributed by atoms with Gasteiger partial charge in [-0.05, 0) is 36.4 Å². The molecule has 0 aliphatic carbocycles. The third-order valence-corrected chi connectivity index (χ3v) is 3.61. The van der Waals surface area contributed by atoms with Crippen molar-refractivity contribution in [1.29, 1.82) is 0 Å². The molecule has 28 heavy (non-hydrogen) atoms. The molecule has 0 bridgehead atoms. The van der Waals surface area contributed by atoms with Gasteiger partial charge in [-0.3, -0.25) is 9.59 Å². The molecule has 0 aromatic heterocycles. The number of halogens is 6. The van der Waals surface area contributed by atoms with Crippen molar-refractivity contribution >= 4 is 23.2 Å². The molecule has 2 amide bonds. The van der Waals surface area contributed by atoms with Crippen molar-refractivity contribution in [3.05, 3.63) is 47.5 Å². The van der Waals surface area contributed by atoms with Crippen molar-refractivity contribution in [3.63, 3.8) is 0 Å². The van der Waals surface area contributed by atoms with Crippen LogP contribution in [0.25, 0.3) is 11.1 Å². The van der Waals surface area contributed by atoms with Crippen LogP contribution < -0.4 is 10.6 Å². The molecule has 0 unspecified atom stereocenters. The van der Waals surface area contributed by atoms with E-state index in [4.69, 9.17) is 0 Å². The van der Waals surface area contributed by atoms with Crippen LogP contribution in [0.3, 0.4) is 0 Å². The molecule has 0 aliphatic rings. The summed E-state index contributed by atoms with van der Waals surface area (Å²) in [6.45, 7) is 2.20. The monoisotopic (exact) mass is 404 g/mol. The Hall–Kier alpha value is -3.04. The molecule has 2 aromatic rings. The largest absolute Gasteiger partial charge is 0.416 e. The average Bonchev–Trinajstić information content (AvgIpc) is 2.52. The van der Waals surface area contributed by atoms with Gasteiger partial charge in [-0.2, -0.15) is 26.3 Å². The zero-order valence-corrected chi connectivity index (χ0v) is 14.5. The highest BCUT2D eigenvalue weighted by atomic mass is 19.4. The van der Waals surface area contributed by atoms with E-state index in [0.717, 1.165) is 26.0 Å². The lowest BCUT2D eigenvalue weighted by atomic mass is 9.96. The maximum absolute atomic E-state index is 13.1. The second-order valence-corrected chi connectivity index (χ2v) is 5.88. The van der Waals surface area contributed by atoms with Crippen LogP contribution in [-0.4, -0.2) is 11.8 Å². The van der Waals surface area contributed by atoms with Gasteiger partial charge in [0.25, 0.3) is 0 Å². The Morgan fingerprint density at radius 1 is 0.679 bits per heavy atom. The molecule has 2 aromatic carbocycles. The molecule has 10 heteroatoms. The third-order valence-electron chi connectivity index (χ3n) is 3.61. The van der Waals surface area contributed by atoms with Crippen LogP contribution in [0.1, 0.15) is 25.0 Å². The second kappa shape index (κ2) is 7.53. The van der Waals surface area contributed by atoms with Gasteiger partial charge in [0.2, 0.25) is 11.8 Å². The fourth-order valence-electron chi connectivity index (χ4n) is 2.48. The van der Waals surface area contributed by atoms with Crippen molar-refractivity contribution in [2.75, 3.05) is 10.6 Å². The van der Waals surface area contributed by atoms with Gasteiger partial charge in [0.1, 0.15) is 0 Å². The molecule has 0 spiro atoms. The summed E-state index contributed by atoms with van der Waals surface area (Å²) >= 11 is 0. The number of hydrogen-bond donors (Lipinski definition) is 2. The quantitative estimate of drug-likeness (QED) is 0.682. The van der Waals surface area contributed by atoms with Crippen LogP contribution in [0.2, 0.25) is 0 Å². The van der Waals surface area contributed by atoms with Gasteiger partial charge in [-0.15, -0.1) is 0 Å². The van der Waals surface area contributed by atoms with Gasteiger partial charge < -0.3 is 10.6 Å². The number of carbonyl (C=O) groups excluding carboxylic acids is 2. The highest BCUT2D eigenvalue weighted by Crippen LogP contribution is 2.41. The Labute approximate surface area is 155 Å². The van der Waals surface area contributed by atoms with Crippen LogP contribution in [0.15, 0.2) is 36.4 Å². The first-order chi connectivity index (χ1) is 12.8.